The van der Waals surface area contributed by atoms with Gasteiger partial charge in [0.25, 0.3) is 0 Å². The van der Waals surface area contributed by atoms with E-state index >= 15 is 0 Å². The largest absolute Gasteiger partial charge is 0.356 e. The molecule has 1 saturated carbocycles. The molecule has 2 N–H and O–H groups in total. The monoisotopic (exact) mass is 401 g/mol. The van der Waals surface area contributed by atoms with Gasteiger partial charge in [0.05, 0.1) is 0 Å². The lowest BCUT2D eigenvalue weighted by molar-refractivity contribution is 0.410. The van der Waals surface area contributed by atoms with Gasteiger partial charge in [0.2, 0.25) is 0 Å². The number of hydrogen-bond donors (Lipinski definition) is 2. The van der Waals surface area contributed by atoms with E-state index in [1.807, 2.05) is 7.05 Å². The van der Waals surface area contributed by atoms with E-state index in [0.29, 0.717) is 6.04 Å². The highest BCUT2D eigenvalue weighted by Gasteiger charge is 2.14. The quantitative estimate of drug-likeness (QED) is 0.459. The van der Waals surface area contributed by atoms with Gasteiger partial charge in [0.1, 0.15) is 0 Å². The Morgan fingerprint density at radius 3 is 2.43 bits per heavy atom. The molecular weight excluding hydrogens is 373 g/mol. The van der Waals surface area contributed by atoms with Crippen molar-refractivity contribution in [2.24, 2.45) is 4.99 Å². The molecule has 118 valence electrons. The van der Waals surface area contributed by atoms with E-state index in [2.05, 4.69) is 46.8 Å². The molecule has 0 saturated heterocycles. The third-order valence-electron chi connectivity index (χ3n) is 4.00. The van der Waals surface area contributed by atoms with Gasteiger partial charge in [-0.25, -0.2) is 0 Å². The molecule has 0 heterocycles. The molecule has 0 bridgehead atoms. The minimum atomic E-state index is 0. The van der Waals surface area contributed by atoms with Gasteiger partial charge < -0.3 is 10.6 Å². The number of nitrogens with zero attached hydrogens (tertiary/aromatic N) is 1. The number of guanidine groups is 1. The molecule has 0 radical (unpaired) electrons. The fraction of sp³-hybridized carbons (Fsp3) is 0.588. The Morgan fingerprint density at radius 2 is 1.81 bits per heavy atom. The van der Waals surface area contributed by atoms with Gasteiger partial charge in [-0.2, -0.15) is 0 Å². The van der Waals surface area contributed by atoms with Crippen LogP contribution < -0.4 is 10.6 Å². The maximum atomic E-state index is 4.32. The van der Waals surface area contributed by atoms with Crippen LogP contribution in [0.15, 0.2) is 29.3 Å². The van der Waals surface area contributed by atoms with Crippen molar-refractivity contribution in [3.05, 3.63) is 35.4 Å². The summed E-state index contributed by atoms with van der Waals surface area (Å²) < 4.78 is 0. The van der Waals surface area contributed by atoms with E-state index < -0.39 is 0 Å². The molecule has 21 heavy (non-hydrogen) atoms. The topological polar surface area (TPSA) is 36.4 Å². The molecule has 0 spiro atoms. The molecule has 0 amide bonds. The Kier molecular flexibility index (Phi) is 8.73. The summed E-state index contributed by atoms with van der Waals surface area (Å²) in [5.74, 6) is 0.948. The van der Waals surface area contributed by atoms with Crippen LogP contribution in [0.3, 0.4) is 0 Å². The smallest absolute Gasteiger partial charge is 0.191 e. The van der Waals surface area contributed by atoms with Gasteiger partial charge in [-0.15, -0.1) is 24.0 Å². The van der Waals surface area contributed by atoms with Crippen LogP contribution >= 0.6 is 24.0 Å². The maximum Gasteiger partial charge on any atom is 0.191 e. The first kappa shape index (κ1) is 18.3. The standard InChI is InChI=1S/C17H27N3.HI/c1-14-8-10-15(11-9-14)12-13-19-17(18-2)20-16-6-4-3-5-7-16;/h8-11,16H,3-7,12-13H2,1-2H3,(H2,18,19,20);1H. The lowest BCUT2D eigenvalue weighted by Crippen LogP contribution is -2.44. The molecule has 2 rings (SSSR count). The van der Waals surface area contributed by atoms with E-state index in [1.165, 1.54) is 43.2 Å². The zero-order chi connectivity index (χ0) is 14.2. The summed E-state index contributed by atoms with van der Waals surface area (Å²) in [5, 5.41) is 6.96. The fourth-order valence-electron chi connectivity index (χ4n) is 2.71. The zero-order valence-corrected chi connectivity index (χ0v) is 15.5. The first-order valence-corrected chi connectivity index (χ1v) is 7.80. The number of nitrogens with one attached hydrogen (secondary N) is 2. The molecule has 3 nitrogen and oxygen atoms in total. The Hall–Kier alpha value is -0.780. The number of rotatable bonds is 4. The molecule has 4 heteroatoms. The molecule has 0 atom stereocenters. The number of aryl methyl sites for hydroxylation is 1. The highest BCUT2D eigenvalue weighted by atomic mass is 127. The average Bonchev–Trinajstić information content (AvgIpc) is 2.49. The molecular formula is C17H28IN3. The second kappa shape index (κ2) is 10.0. The van der Waals surface area contributed by atoms with Gasteiger partial charge in [0, 0.05) is 19.6 Å². The van der Waals surface area contributed by atoms with Crippen LogP contribution in [0.4, 0.5) is 0 Å². The molecule has 1 fully saturated rings. The number of aliphatic imine (C=N–C) groups is 1. The van der Waals surface area contributed by atoms with Crippen molar-refractivity contribution in [1.29, 1.82) is 0 Å². The van der Waals surface area contributed by atoms with Gasteiger partial charge in [-0.05, 0) is 31.7 Å². The van der Waals surface area contributed by atoms with Crippen LogP contribution in [0, 0.1) is 6.92 Å². The Balaban J connectivity index is 0.00000220. The minimum absolute atomic E-state index is 0. The summed E-state index contributed by atoms with van der Waals surface area (Å²) in [4.78, 5) is 4.32. The van der Waals surface area contributed by atoms with E-state index in [9.17, 15) is 0 Å². The first-order valence-electron chi connectivity index (χ1n) is 7.80. The summed E-state index contributed by atoms with van der Waals surface area (Å²) >= 11 is 0. The first-order chi connectivity index (χ1) is 9.78. The molecule has 0 aliphatic heterocycles. The van der Waals surface area contributed by atoms with Crippen molar-refractivity contribution >= 4 is 29.9 Å². The third-order valence-corrected chi connectivity index (χ3v) is 4.00. The molecule has 1 aromatic carbocycles. The predicted octanol–water partition coefficient (Wildman–Crippen LogP) is 3.65. The summed E-state index contributed by atoms with van der Waals surface area (Å²) in [6, 6.07) is 9.35. The van der Waals surface area contributed by atoms with Crippen LogP contribution in [0.2, 0.25) is 0 Å². The van der Waals surface area contributed by atoms with E-state index in [-0.39, 0.29) is 24.0 Å². The third kappa shape index (κ3) is 6.68. The Morgan fingerprint density at radius 1 is 1.14 bits per heavy atom. The van der Waals surface area contributed by atoms with Crippen LogP contribution in [0.1, 0.15) is 43.2 Å². The van der Waals surface area contributed by atoms with Crippen LogP contribution in [-0.2, 0) is 6.42 Å². The minimum Gasteiger partial charge on any atom is -0.356 e. The summed E-state index contributed by atoms with van der Waals surface area (Å²) in [6.45, 7) is 3.05. The highest BCUT2D eigenvalue weighted by molar-refractivity contribution is 14.0. The van der Waals surface area contributed by atoms with Gasteiger partial charge >= 0.3 is 0 Å². The van der Waals surface area contributed by atoms with Crippen LogP contribution in [0.5, 0.6) is 0 Å². The van der Waals surface area contributed by atoms with E-state index in [1.54, 1.807) is 0 Å². The second-order valence-electron chi connectivity index (χ2n) is 5.71. The average molecular weight is 401 g/mol. The molecule has 1 aliphatic carbocycles. The Bertz CT molecular complexity index is 422. The van der Waals surface area contributed by atoms with Crippen molar-refractivity contribution in [1.82, 2.24) is 10.6 Å². The van der Waals surface area contributed by atoms with Gasteiger partial charge in [-0.1, -0.05) is 49.1 Å². The predicted molar refractivity (Wildman–Crippen MR) is 102 cm³/mol. The number of hydrogen-bond acceptors (Lipinski definition) is 1. The van der Waals surface area contributed by atoms with E-state index in [4.69, 9.17) is 0 Å². The molecule has 1 aliphatic rings. The number of benzene rings is 1. The molecule has 0 unspecified atom stereocenters. The van der Waals surface area contributed by atoms with Crippen LogP contribution in [-0.4, -0.2) is 25.6 Å². The van der Waals surface area contributed by atoms with Crippen molar-refractivity contribution in [2.45, 2.75) is 51.5 Å². The van der Waals surface area contributed by atoms with Crippen molar-refractivity contribution in [3.8, 4) is 0 Å². The van der Waals surface area contributed by atoms with Crippen LogP contribution in [0.25, 0.3) is 0 Å². The lowest BCUT2D eigenvalue weighted by Gasteiger charge is -2.24. The lowest BCUT2D eigenvalue weighted by atomic mass is 9.96. The summed E-state index contributed by atoms with van der Waals surface area (Å²) in [5.41, 5.74) is 2.69. The summed E-state index contributed by atoms with van der Waals surface area (Å²) in [7, 11) is 1.85. The van der Waals surface area contributed by atoms with Gasteiger partial charge in [0.15, 0.2) is 5.96 Å². The zero-order valence-electron chi connectivity index (χ0n) is 13.2. The second-order valence-corrected chi connectivity index (χ2v) is 5.71. The molecule has 1 aromatic rings. The Labute approximate surface area is 146 Å². The maximum absolute atomic E-state index is 4.32. The number of halogens is 1. The van der Waals surface area contributed by atoms with Crippen molar-refractivity contribution in [3.63, 3.8) is 0 Å². The highest BCUT2D eigenvalue weighted by Crippen LogP contribution is 2.17. The summed E-state index contributed by atoms with van der Waals surface area (Å²) in [6.07, 6.45) is 7.66. The van der Waals surface area contributed by atoms with Crippen molar-refractivity contribution in [2.75, 3.05) is 13.6 Å². The SMILES string of the molecule is CN=C(NCCc1ccc(C)cc1)NC1CCCCC1.I. The molecule has 0 aromatic heterocycles. The fourth-order valence-corrected chi connectivity index (χ4v) is 2.71. The van der Waals surface area contributed by atoms with E-state index in [0.717, 1.165) is 18.9 Å². The van der Waals surface area contributed by atoms with Gasteiger partial charge in [-0.3, -0.25) is 4.99 Å². The normalized spacial score (nSPS) is 16.2. The van der Waals surface area contributed by atoms with Crippen molar-refractivity contribution < 1.29 is 0 Å².